The largest absolute Gasteiger partial charge is 0.380 e. The van der Waals surface area contributed by atoms with Crippen molar-refractivity contribution < 1.29 is 5.11 Å². The van der Waals surface area contributed by atoms with Crippen LogP contribution in [0.25, 0.3) is 11.0 Å². The van der Waals surface area contributed by atoms with Crippen LogP contribution in [0.3, 0.4) is 0 Å². The smallest absolute Gasteiger partial charge is 0.143 e. The van der Waals surface area contributed by atoms with E-state index in [0.717, 1.165) is 29.7 Å². The number of hydrogen-bond acceptors (Lipinski definition) is 3. The van der Waals surface area contributed by atoms with E-state index in [1.54, 1.807) is 0 Å². The Hall–Kier alpha value is -2.33. The van der Waals surface area contributed by atoms with Crippen LogP contribution >= 0.6 is 0 Å². The van der Waals surface area contributed by atoms with Gasteiger partial charge in [-0.25, -0.2) is 4.98 Å². The normalized spacial score (nSPS) is 12.5. The molecule has 0 aliphatic rings. The van der Waals surface area contributed by atoms with E-state index >= 15 is 0 Å². The Morgan fingerprint density at radius 3 is 2.30 bits per heavy atom. The fraction of sp³-hybridized carbons (Fsp3) is 0.316. The molecule has 120 valence electrons. The summed E-state index contributed by atoms with van der Waals surface area (Å²) in [5.74, 6) is 0.668. The van der Waals surface area contributed by atoms with E-state index in [1.807, 2.05) is 48.0 Å². The van der Waals surface area contributed by atoms with Crippen molar-refractivity contribution >= 4 is 16.7 Å². The zero-order valence-electron chi connectivity index (χ0n) is 13.9. The maximum atomic E-state index is 10.7. The zero-order valence-corrected chi connectivity index (χ0v) is 13.9. The number of aryl methyl sites for hydroxylation is 1. The van der Waals surface area contributed by atoms with Gasteiger partial charge < -0.3 is 14.6 Å². The highest BCUT2D eigenvalue weighted by Gasteiger charge is 2.18. The third-order valence-corrected chi connectivity index (χ3v) is 4.40. The lowest BCUT2D eigenvalue weighted by Crippen LogP contribution is -2.21. The summed E-state index contributed by atoms with van der Waals surface area (Å²) in [6.45, 7) is 6.24. The second-order valence-electron chi connectivity index (χ2n) is 5.68. The van der Waals surface area contributed by atoms with Gasteiger partial charge in [0.1, 0.15) is 11.9 Å². The number of fused-ring (bicyclic) bond motifs is 1. The molecule has 3 aromatic rings. The maximum absolute atomic E-state index is 10.7. The molecule has 1 aromatic heterocycles. The molecular weight excluding hydrogens is 286 g/mol. The Morgan fingerprint density at radius 2 is 1.70 bits per heavy atom. The Balaban J connectivity index is 1.92. The van der Waals surface area contributed by atoms with E-state index in [1.165, 1.54) is 5.69 Å². The van der Waals surface area contributed by atoms with Gasteiger partial charge in [-0.2, -0.15) is 0 Å². The van der Waals surface area contributed by atoms with Gasteiger partial charge in [0, 0.05) is 25.8 Å². The standard InChI is InChI=1S/C19H23N3O/c1-4-22(5-2)15-12-10-14(11-13-15)18(23)19-20-16-8-6-7-9-17(16)21(19)3/h6-13,18,23H,4-5H2,1-3H3/t18-/m1/s1. The quantitative estimate of drug-likeness (QED) is 0.784. The summed E-state index contributed by atoms with van der Waals surface area (Å²) in [6.07, 6.45) is -0.724. The van der Waals surface area contributed by atoms with Crippen LogP contribution in [0.5, 0.6) is 0 Å². The van der Waals surface area contributed by atoms with Crippen LogP contribution in [0, 0.1) is 0 Å². The number of imidazole rings is 1. The summed E-state index contributed by atoms with van der Waals surface area (Å²) in [7, 11) is 1.94. The number of benzene rings is 2. The average molecular weight is 309 g/mol. The summed E-state index contributed by atoms with van der Waals surface area (Å²) < 4.78 is 1.96. The SMILES string of the molecule is CCN(CC)c1ccc([C@@H](O)c2nc3ccccc3n2C)cc1. The molecule has 0 fully saturated rings. The first-order chi connectivity index (χ1) is 11.2. The van der Waals surface area contributed by atoms with Crippen molar-refractivity contribution in [2.45, 2.75) is 20.0 Å². The van der Waals surface area contributed by atoms with Crippen LogP contribution in [0.1, 0.15) is 31.3 Å². The van der Waals surface area contributed by atoms with E-state index in [2.05, 4.69) is 35.9 Å². The topological polar surface area (TPSA) is 41.3 Å². The van der Waals surface area contributed by atoms with Crippen LogP contribution in [-0.2, 0) is 7.05 Å². The first-order valence-corrected chi connectivity index (χ1v) is 8.10. The van der Waals surface area contributed by atoms with Crippen molar-refractivity contribution in [2.75, 3.05) is 18.0 Å². The Morgan fingerprint density at radius 1 is 1.04 bits per heavy atom. The lowest BCUT2D eigenvalue weighted by atomic mass is 10.1. The molecule has 4 nitrogen and oxygen atoms in total. The van der Waals surface area contributed by atoms with Gasteiger partial charge in [-0.1, -0.05) is 24.3 Å². The fourth-order valence-corrected chi connectivity index (χ4v) is 3.01. The van der Waals surface area contributed by atoms with E-state index in [4.69, 9.17) is 0 Å². The van der Waals surface area contributed by atoms with Crippen LogP contribution in [0.4, 0.5) is 5.69 Å². The van der Waals surface area contributed by atoms with Gasteiger partial charge in [0.15, 0.2) is 0 Å². The average Bonchev–Trinajstić information content (AvgIpc) is 2.93. The van der Waals surface area contributed by atoms with E-state index in [-0.39, 0.29) is 0 Å². The lowest BCUT2D eigenvalue weighted by molar-refractivity contribution is 0.207. The van der Waals surface area contributed by atoms with Gasteiger partial charge in [-0.15, -0.1) is 0 Å². The van der Waals surface area contributed by atoms with Crippen molar-refractivity contribution in [2.24, 2.45) is 7.05 Å². The highest BCUT2D eigenvalue weighted by atomic mass is 16.3. The monoisotopic (exact) mass is 309 g/mol. The van der Waals surface area contributed by atoms with Gasteiger partial charge in [0.05, 0.1) is 11.0 Å². The lowest BCUT2D eigenvalue weighted by Gasteiger charge is -2.21. The molecule has 3 rings (SSSR count). The molecule has 1 N–H and O–H groups in total. The van der Waals surface area contributed by atoms with Crippen molar-refractivity contribution in [3.63, 3.8) is 0 Å². The minimum atomic E-state index is -0.724. The molecular formula is C19H23N3O. The highest BCUT2D eigenvalue weighted by molar-refractivity contribution is 5.76. The number of hydrogen-bond donors (Lipinski definition) is 1. The predicted octanol–water partition coefficient (Wildman–Crippen LogP) is 3.50. The van der Waals surface area contributed by atoms with Gasteiger partial charge in [0.2, 0.25) is 0 Å². The van der Waals surface area contributed by atoms with Crippen LogP contribution in [0.2, 0.25) is 0 Å². The van der Waals surface area contributed by atoms with Crippen LogP contribution < -0.4 is 4.90 Å². The van der Waals surface area contributed by atoms with Crippen molar-refractivity contribution in [3.05, 3.63) is 59.9 Å². The second-order valence-corrected chi connectivity index (χ2v) is 5.68. The number of anilines is 1. The van der Waals surface area contributed by atoms with Crippen molar-refractivity contribution in [1.29, 1.82) is 0 Å². The van der Waals surface area contributed by atoms with Gasteiger partial charge in [-0.05, 0) is 43.7 Å². The van der Waals surface area contributed by atoms with Gasteiger partial charge >= 0.3 is 0 Å². The van der Waals surface area contributed by atoms with Gasteiger partial charge in [0.25, 0.3) is 0 Å². The summed E-state index contributed by atoms with van der Waals surface area (Å²) in [5, 5.41) is 10.7. The molecule has 0 spiro atoms. The Kier molecular flexibility index (Phi) is 4.35. The fourth-order valence-electron chi connectivity index (χ4n) is 3.01. The minimum absolute atomic E-state index is 0.668. The number of rotatable bonds is 5. The predicted molar refractivity (Wildman–Crippen MR) is 94.8 cm³/mol. The molecule has 23 heavy (non-hydrogen) atoms. The van der Waals surface area contributed by atoms with E-state index < -0.39 is 6.10 Å². The van der Waals surface area contributed by atoms with E-state index in [9.17, 15) is 5.11 Å². The first kappa shape index (κ1) is 15.6. The summed E-state index contributed by atoms with van der Waals surface area (Å²) in [5.41, 5.74) is 3.97. The van der Waals surface area contributed by atoms with Crippen molar-refractivity contribution in [1.82, 2.24) is 9.55 Å². The number of aliphatic hydroxyl groups excluding tert-OH is 1. The number of aromatic nitrogens is 2. The van der Waals surface area contributed by atoms with Crippen LogP contribution in [0.15, 0.2) is 48.5 Å². The molecule has 0 amide bonds. The molecule has 0 saturated carbocycles. The third-order valence-electron chi connectivity index (χ3n) is 4.40. The Labute approximate surface area is 137 Å². The molecule has 0 bridgehead atoms. The molecule has 0 unspecified atom stereocenters. The summed E-state index contributed by atoms with van der Waals surface area (Å²) in [4.78, 5) is 6.86. The first-order valence-electron chi connectivity index (χ1n) is 8.10. The highest BCUT2D eigenvalue weighted by Crippen LogP contribution is 2.26. The minimum Gasteiger partial charge on any atom is -0.380 e. The van der Waals surface area contributed by atoms with Crippen LogP contribution in [-0.4, -0.2) is 27.7 Å². The molecule has 1 heterocycles. The number of aliphatic hydroxyl groups is 1. The zero-order chi connectivity index (χ0) is 16.4. The molecule has 0 saturated heterocycles. The van der Waals surface area contributed by atoms with E-state index in [0.29, 0.717) is 5.82 Å². The summed E-state index contributed by atoms with van der Waals surface area (Å²) in [6, 6.07) is 16.0. The Bertz CT molecular complexity index is 788. The third kappa shape index (κ3) is 2.82. The molecule has 0 aliphatic heterocycles. The van der Waals surface area contributed by atoms with Gasteiger partial charge in [-0.3, -0.25) is 0 Å². The molecule has 2 aromatic carbocycles. The molecule has 0 aliphatic carbocycles. The number of nitrogens with zero attached hydrogens (tertiary/aromatic N) is 3. The molecule has 0 radical (unpaired) electrons. The summed E-state index contributed by atoms with van der Waals surface area (Å²) >= 11 is 0. The van der Waals surface area contributed by atoms with Crippen molar-refractivity contribution in [3.8, 4) is 0 Å². The molecule has 4 heteroatoms. The molecule has 1 atom stereocenters. The number of para-hydroxylation sites is 2. The second kappa shape index (κ2) is 6.42. The maximum Gasteiger partial charge on any atom is 0.143 e.